The maximum Gasteiger partial charge on any atom is 0.408 e. The molecule has 2 aromatic carbocycles. The number of hydrogen-bond donors (Lipinski definition) is 3. The molecule has 208 valence electrons. The molecule has 1 aliphatic rings. The van der Waals surface area contributed by atoms with Gasteiger partial charge in [0.25, 0.3) is 0 Å². The van der Waals surface area contributed by atoms with E-state index in [0.717, 1.165) is 31.2 Å². The van der Waals surface area contributed by atoms with E-state index in [-0.39, 0.29) is 30.0 Å². The molecule has 1 aliphatic carbocycles. The molecule has 0 heterocycles. The fourth-order valence-corrected chi connectivity index (χ4v) is 4.25. The van der Waals surface area contributed by atoms with Gasteiger partial charge in [0, 0.05) is 24.6 Å². The van der Waals surface area contributed by atoms with E-state index in [1.54, 1.807) is 62.1 Å². The Balaban J connectivity index is 1.99. The van der Waals surface area contributed by atoms with Gasteiger partial charge in [-0.1, -0.05) is 43.5 Å². The number of aromatic hydroxyl groups is 1. The second-order valence-corrected chi connectivity index (χ2v) is 10.9. The van der Waals surface area contributed by atoms with Crippen LogP contribution in [0.25, 0.3) is 0 Å². The number of nitrogens with one attached hydrogen (secondary N) is 2. The van der Waals surface area contributed by atoms with Crippen molar-refractivity contribution in [3.05, 3.63) is 65.2 Å². The second kappa shape index (κ2) is 13.2. The van der Waals surface area contributed by atoms with Gasteiger partial charge in [0.1, 0.15) is 23.4 Å². The summed E-state index contributed by atoms with van der Waals surface area (Å²) in [4.78, 5) is 42.3. The van der Waals surface area contributed by atoms with Crippen molar-refractivity contribution < 1.29 is 24.2 Å². The van der Waals surface area contributed by atoms with E-state index in [2.05, 4.69) is 16.6 Å². The summed E-state index contributed by atoms with van der Waals surface area (Å²) in [5, 5.41) is 15.4. The van der Waals surface area contributed by atoms with Gasteiger partial charge in [-0.15, -0.1) is 6.42 Å². The Hall–Kier alpha value is -3.99. The Bertz CT molecular complexity index is 1170. The molecule has 0 aromatic heterocycles. The van der Waals surface area contributed by atoms with Crippen LogP contribution in [-0.2, 0) is 20.7 Å². The molecule has 0 aliphatic heterocycles. The van der Waals surface area contributed by atoms with E-state index < -0.39 is 23.8 Å². The molecular weight excluding hydrogens is 494 g/mol. The van der Waals surface area contributed by atoms with Crippen molar-refractivity contribution in [3.63, 3.8) is 0 Å². The molecule has 8 heteroatoms. The fourth-order valence-electron chi connectivity index (χ4n) is 4.25. The van der Waals surface area contributed by atoms with Gasteiger partial charge in [0.15, 0.2) is 0 Å². The molecule has 8 nitrogen and oxygen atoms in total. The van der Waals surface area contributed by atoms with Crippen LogP contribution in [0.3, 0.4) is 0 Å². The van der Waals surface area contributed by atoms with E-state index in [1.807, 2.05) is 6.92 Å². The predicted octanol–water partition coefficient (Wildman–Crippen LogP) is 4.46. The molecule has 2 aromatic rings. The van der Waals surface area contributed by atoms with Crippen LogP contribution < -0.4 is 10.6 Å². The Kier molecular flexibility index (Phi) is 10.00. The Labute approximate surface area is 231 Å². The average molecular weight is 534 g/mol. The first-order valence-electron chi connectivity index (χ1n) is 13.5. The molecule has 2 unspecified atom stereocenters. The van der Waals surface area contributed by atoms with Gasteiger partial charge in [-0.05, 0) is 75.4 Å². The molecule has 1 fully saturated rings. The summed E-state index contributed by atoms with van der Waals surface area (Å²) in [6.45, 7) is 7.77. The number of carbonyl (C=O) groups is 3. The quantitative estimate of drug-likeness (QED) is 0.292. The minimum Gasteiger partial charge on any atom is -0.508 e. The summed E-state index contributed by atoms with van der Waals surface area (Å²) in [5.41, 5.74) is 1.29. The van der Waals surface area contributed by atoms with Gasteiger partial charge in [0.2, 0.25) is 11.8 Å². The molecule has 0 saturated heterocycles. The van der Waals surface area contributed by atoms with Crippen LogP contribution in [-0.4, -0.2) is 52.1 Å². The molecular formula is C31H39N3O5. The van der Waals surface area contributed by atoms with Crippen molar-refractivity contribution in [2.75, 3.05) is 6.54 Å². The third-order valence-corrected chi connectivity index (χ3v) is 6.31. The van der Waals surface area contributed by atoms with Gasteiger partial charge < -0.3 is 25.4 Å². The van der Waals surface area contributed by atoms with E-state index in [1.165, 1.54) is 12.1 Å². The molecule has 3 N–H and O–H groups in total. The zero-order valence-corrected chi connectivity index (χ0v) is 23.2. The number of alkyl carbamates (subject to hydrolysis) is 1. The van der Waals surface area contributed by atoms with Gasteiger partial charge >= 0.3 is 6.09 Å². The predicted molar refractivity (Wildman–Crippen MR) is 150 cm³/mol. The standard InChI is InChI=1S/C31H39N3O5/c1-6-8-19-32-28(36)27(23-13-9-21(7-2)10-14-23)34(24-15-16-24)29(37)26(33-30(38)39-31(3,4)5)20-22-11-17-25(35)18-12-22/h2,9-14,17-18,24,26-27,35H,6,8,15-16,19-20H2,1,3-5H3,(H,32,36)(H,33,38). The lowest BCUT2D eigenvalue weighted by atomic mass is 9.99. The fraction of sp³-hybridized carbons (Fsp3) is 0.452. The maximum absolute atomic E-state index is 14.3. The topological polar surface area (TPSA) is 108 Å². The Morgan fingerprint density at radius 1 is 1.10 bits per heavy atom. The van der Waals surface area contributed by atoms with Crippen molar-refractivity contribution >= 4 is 17.9 Å². The van der Waals surface area contributed by atoms with Crippen LogP contribution in [0.4, 0.5) is 4.79 Å². The molecule has 3 amide bonds. The third kappa shape index (κ3) is 8.78. The lowest BCUT2D eigenvalue weighted by Crippen LogP contribution is -2.54. The van der Waals surface area contributed by atoms with Crippen LogP contribution >= 0.6 is 0 Å². The summed E-state index contributed by atoms with van der Waals surface area (Å²) < 4.78 is 5.46. The highest BCUT2D eigenvalue weighted by atomic mass is 16.6. The van der Waals surface area contributed by atoms with E-state index in [0.29, 0.717) is 17.7 Å². The Morgan fingerprint density at radius 2 is 1.74 bits per heavy atom. The zero-order valence-electron chi connectivity index (χ0n) is 23.2. The second-order valence-electron chi connectivity index (χ2n) is 10.9. The smallest absolute Gasteiger partial charge is 0.408 e. The van der Waals surface area contributed by atoms with Crippen molar-refractivity contribution in [2.24, 2.45) is 0 Å². The van der Waals surface area contributed by atoms with Crippen LogP contribution in [0, 0.1) is 12.3 Å². The van der Waals surface area contributed by atoms with Gasteiger partial charge in [-0.3, -0.25) is 9.59 Å². The molecule has 0 spiro atoms. The number of nitrogens with zero attached hydrogens (tertiary/aromatic N) is 1. The van der Waals surface area contributed by atoms with E-state index in [9.17, 15) is 19.5 Å². The zero-order chi connectivity index (χ0) is 28.6. The maximum atomic E-state index is 14.3. The number of benzene rings is 2. The van der Waals surface area contributed by atoms with Gasteiger partial charge in [-0.2, -0.15) is 0 Å². The number of phenols is 1. The van der Waals surface area contributed by atoms with Gasteiger partial charge in [-0.25, -0.2) is 4.79 Å². The third-order valence-electron chi connectivity index (χ3n) is 6.31. The minimum atomic E-state index is -0.999. The minimum absolute atomic E-state index is 0.0977. The number of rotatable bonds is 11. The number of terminal acetylenes is 1. The monoisotopic (exact) mass is 533 g/mol. The van der Waals surface area contributed by atoms with Crippen LogP contribution in [0.15, 0.2) is 48.5 Å². The van der Waals surface area contributed by atoms with Crippen LogP contribution in [0.2, 0.25) is 0 Å². The van der Waals surface area contributed by atoms with Gasteiger partial charge in [0.05, 0.1) is 0 Å². The average Bonchev–Trinajstić information content (AvgIpc) is 3.72. The molecule has 3 rings (SSSR count). The SMILES string of the molecule is C#Cc1ccc(C(C(=O)NCCCC)N(C(=O)C(Cc2ccc(O)cc2)NC(=O)OC(C)(C)C)C2CC2)cc1. The number of hydrogen-bond acceptors (Lipinski definition) is 5. The Morgan fingerprint density at radius 3 is 2.28 bits per heavy atom. The molecule has 2 atom stereocenters. The first kappa shape index (κ1) is 29.6. The van der Waals surface area contributed by atoms with Crippen LogP contribution in [0.1, 0.15) is 76.1 Å². The lowest BCUT2D eigenvalue weighted by molar-refractivity contribution is -0.143. The summed E-state index contributed by atoms with van der Waals surface area (Å²) in [7, 11) is 0. The molecule has 0 radical (unpaired) electrons. The number of amides is 3. The summed E-state index contributed by atoms with van der Waals surface area (Å²) in [6.07, 6.45) is 8.21. The van der Waals surface area contributed by atoms with Crippen molar-refractivity contribution in [2.45, 2.75) is 83.5 Å². The highest BCUT2D eigenvalue weighted by Gasteiger charge is 2.44. The highest BCUT2D eigenvalue weighted by Crippen LogP contribution is 2.36. The summed E-state index contributed by atoms with van der Waals surface area (Å²) >= 11 is 0. The number of ether oxygens (including phenoxy) is 1. The lowest BCUT2D eigenvalue weighted by Gasteiger charge is -2.35. The molecule has 39 heavy (non-hydrogen) atoms. The largest absolute Gasteiger partial charge is 0.508 e. The van der Waals surface area contributed by atoms with Crippen molar-refractivity contribution in [3.8, 4) is 18.1 Å². The molecule has 0 bridgehead atoms. The van der Waals surface area contributed by atoms with Crippen LogP contribution in [0.5, 0.6) is 5.75 Å². The van der Waals surface area contributed by atoms with E-state index in [4.69, 9.17) is 11.2 Å². The van der Waals surface area contributed by atoms with E-state index >= 15 is 0 Å². The highest BCUT2D eigenvalue weighted by molar-refractivity contribution is 5.92. The number of carbonyl (C=O) groups excluding carboxylic acids is 3. The summed E-state index contributed by atoms with van der Waals surface area (Å²) in [6, 6.07) is 11.5. The normalized spacial score (nSPS) is 14.4. The molecule has 1 saturated carbocycles. The number of phenolic OH excluding ortho intramolecular Hbond substituents is 1. The summed E-state index contributed by atoms with van der Waals surface area (Å²) in [5.74, 6) is 2.02. The van der Waals surface area contributed by atoms with Crippen molar-refractivity contribution in [1.29, 1.82) is 0 Å². The number of unbranched alkanes of at least 4 members (excludes halogenated alkanes) is 1. The first-order valence-corrected chi connectivity index (χ1v) is 13.5. The first-order chi connectivity index (χ1) is 18.5. The van der Waals surface area contributed by atoms with Crippen molar-refractivity contribution in [1.82, 2.24) is 15.5 Å².